The minimum atomic E-state index is -0.581. The van der Waals surface area contributed by atoms with Crippen LogP contribution < -0.4 is 11.1 Å². The molecule has 18 heavy (non-hydrogen) atoms. The molecule has 1 aromatic heterocycles. The van der Waals surface area contributed by atoms with Crippen molar-refractivity contribution >= 4 is 17.4 Å². The number of aliphatic imine (C=N–C) groups is 1. The normalized spacial score (nSPS) is 16.7. The maximum atomic E-state index is 11.4. The van der Waals surface area contributed by atoms with Crippen LogP contribution in [0, 0.1) is 0 Å². The van der Waals surface area contributed by atoms with Gasteiger partial charge in [0.1, 0.15) is 17.2 Å². The Labute approximate surface area is 105 Å². The number of anilines is 1. The first-order valence-corrected chi connectivity index (χ1v) is 5.67. The van der Waals surface area contributed by atoms with Gasteiger partial charge in [0.05, 0.1) is 12.9 Å². The minimum absolute atomic E-state index is 0.213. The summed E-state index contributed by atoms with van der Waals surface area (Å²) in [5, 5.41) is 3.23. The minimum Gasteiger partial charge on any atom is -0.383 e. The summed E-state index contributed by atoms with van der Waals surface area (Å²) < 4.78 is 6.92. The second kappa shape index (κ2) is 4.41. The number of aromatic nitrogens is 2. The standard InChI is InChI=1S/C11H17N5O2/c1-11(2)14-7(9(12)17)8-10(15-11)16(6-13-8)4-5-18-3/h6,15H,4-5H2,1-3H3,(H2,12,17). The third-order valence-corrected chi connectivity index (χ3v) is 2.65. The third-order valence-electron chi connectivity index (χ3n) is 2.65. The van der Waals surface area contributed by atoms with E-state index < -0.39 is 11.6 Å². The zero-order valence-electron chi connectivity index (χ0n) is 10.7. The van der Waals surface area contributed by atoms with Crippen molar-refractivity contribution in [3.8, 4) is 0 Å². The second-order valence-electron chi connectivity index (χ2n) is 4.64. The van der Waals surface area contributed by atoms with Gasteiger partial charge in [-0.15, -0.1) is 0 Å². The van der Waals surface area contributed by atoms with Gasteiger partial charge in [-0.1, -0.05) is 0 Å². The van der Waals surface area contributed by atoms with Crippen LogP contribution in [0.4, 0.5) is 5.82 Å². The number of nitrogens with zero attached hydrogens (tertiary/aromatic N) is 3. The fourth-order valence-corrected chi connectivity index (χ4v) is 1.87. The van der Waals surface area contributed by atoms with Crippen LogP contribution in [0.5, 0.6) is 0 Å². The fourth-order valence-electron chi connectivity index (χ4n) is 1.87. The van der Waals surface area contributed by atoms with Gasteiger partial charge in [0.15, 0.2) is 5.71 Å². The van der Waals surface area contributed by atoms with Crippen molar-refractivity contribution < 1.29 is 9.53 Å². The van der Waals surface area contributed by atoms with E-state index in [1.54, 1.807) is 13.4 Å². The molecule has 1 aromatic rings. The Kier molecular flexibility index (Phi) is 3.08. The van der Waals surface area contributed by atoms with Crippen molar-refractivity contribution in [1.29, 1.82) is 0 Å². The van der Waals surface area contributed by atoms with Crippen LogP contribution in [0.2, 0.25) is 0 Å². The first-order chi connectivity index (χ1) is 8.44. The molecule has 1 amide bonds. The molecule has 0 bridgehead atoms. The number of methoxy groups -OCH3 is 1. The van der Waals surface area contributed by atoms with E-state index in [2.05, 4.69) is 15.3 Å². The number of hydrogen-bond acceptors (Lipinski definition) is 5. The molecule has 0 aromatic carbocycles. The summed E-state index contributed by atoms with van der Waals surface area (Å²) in [4.78, 5) is 19.9. The summed E-state index contributed by atoms with van der Waals surface area (Å²) in [7, 11) is 1.64. The Morgan fingerprint density at radius 1 is 1.61 bits per heavy atom. The average Bonchev–Trinajstić information content (AvgIpc) is 2.66. The summed E-state index contributed by atoms with van der Waals surface area (Å²) in [5.41, 5.74) is 5.47. The molecule has 0 spiro atoms. The number of carbonyl (C=O) groups excluding carboxylic acids is 1. The summed E-state index contributed by atoms with van der Waals surface area (Å²) >= 11 is 0. The molecule has 0 unspecified atom stereocenters. The first-order valence-electron chi connectivity index (χ1n) is 5.67. The Balaban J connectivity index is 2.42. The van der Waals surface area contributed by atoms with E-state index in [-0.39, 0.29) is 5.71 Å². The second-order valence-corrected chi connectivity index (χ2v) is 4.64. The van der Waals surface area contributed by atoms with E-state index in [0.29, 0.717) is 18.8 Å². The highest BCUT2D eigenvalue weighted by Crippen LogP contribution is 2.26. The van der Waals surface area contributed by atoms with E-state index >= 15 is 0 Å². The Bertz CT molecular complexity index is 504. The van der Waals surface area contributed by atoms with Crippen LogP contribution in [0.3, 0.4) is 0 Å². The molecule has 7 heteroatoms. The molecule has 0 fully saturated rings. The van der Waals surface area contributed by atoms with Gasteiger partial charge in [0, 0.05) is 13.7 Å². The van der Waals surface area contributed by atoms with Gasteiger partial charge in [-0.2, -0.15) is 0 Å². The van der Waals surface area contributed by atoms with Gasteiger partial charge in [-0.3, -0.25) is 4.79 Å². The van der Waals surface area contributed by atoms with Crippen LogP contribution >= 0.6 is 0 Å². The molecule has 0 radical (unpaired) electrons. The number of amides is 1. The zero-order chi connectivity index (χ0) is 13.3. The van der Waals surface area contributed by atoms with Crippen molar-refractivity contribution in [2.75, 3.05) is 19.0 Å². The Morgan fingerprint density at radius 3 is 2.94 bits per heavy atom. The van der Waals surface area contributed by atoms with Crippen molar-refractivity contribution in [3.05, 3.63) is 12.0 Å². The lowest BCUT2D eigenvalue weighted by Crippen LogP contribution is -2.39. The van der Waals surface area contributed by atoms with E-state index in [4.69, 9.17) is 10.5 Å². The largest absolute Gasteiger partial charge is 0.383 e. The molecular weight excluding hydrogens is 234 g/mol. The number of imidazole rings is 1. The Morgan fingerprint density at radius 2 is 2.33 bits per heavy atom. The fraction of sp³-hybridized carbons (Fsp3) is 0.545. The van der Waals surface area contributed by atoms with Crippen LogP contribution in [-0.2, 0) is 16.1 Å². The third kappa shape index (κ3) is 2.21. The van der Waals surface area contributed by atoms with E-state index in [9.17, 15) is 4.79 Å². The highest BCUT2D eigenvalue weighted by Gasteiger charge is 2.31. The number of hydrogen-bond donors (Lipinski definition) is 2. The number of ether oxygens (including phenoxy) is 1. The average molecular weight is 251 g/mol. The van der Waals surface area contributed by atoms with Crippen LogP contribution in [0.1, 0.15) is 19.5 Å². The number of primary amides is 1. The van der Waals surface area contributed by atoms with Gasteiger partial charge in [0.2, 0.25) is 0 Å². The van der Waals surface area contributed by atoms with Gasteiger partial charge in [0.25, 0.3) is 5.91 Å². The lowest BCUT2D eigenvalue weighted by Gasteiger charge is -2.29. The van der Waals surface area contributed by atoms with Crippen LogP contribution in [-0.4, -0.2) is 40.5 Å². The van der Waals surface area contributed by atoms with Gasteiger partial charge in [-0.05, 0) is 13.8 Å². The summed E-state index contributed by atoms with van der Waals surface area (Å²) in [6.45, 7) is 4.95. The SMILES string of the molecule is COCCn1cnc2c1NC(C)(C)N=C2C(N)=O. The monoisotopic (exact) mass is 251 g/mol. The smallest absolute Gasteiger partial charge is 0.269 e. The molecule has 0 saturated heterocycles. The van der Waals surface area contributed by atoms with Crippen molar-refractivity contribution in [2.45, 2.75) is 26.1 Å². The molecule has 3 N–H and O–H groups in total. The van der Waals surface area contributed by atoms with Crippen molar-refractivity contribution in [2.24, 2.45) is 10.7 Å². The predicted octanol–water partition coefficient (Wildman–Crippen LogP) is -0.0345. The number of nitrogens with two attached hydrogens (primary N) is 1. The zero-order valence-corrected chi connectivity index (χ0v) is 10.7. The summed E-state index contributed by atoms with van der Waals surface area (Å²) in [6, 6.07) is 0. The molecule has 0 saturated carbocycles. The van der Waals surface area contributed by atoms with Gasteiger partial charge >= 0.3 is 0 Å². The molecule has 98 valence electrons. The topological polar surface area (TPSA) is 94.5 Å². The van der Waals surface area contributed by atoms with Crippen molar-refractivity contribution in [1.82, 2.24) is 9.55 Å². The van der Waals surface area contributed by atoms with E-state index in [0.717, 1.165) is 5.82 Å². The summed E-state index contributed by atoms with van der Waals surface area (Å²) in [5.74, 6) is 0.184. The maximum Gasteiger partial charge on any atom is 0.269 e. The van der Waals surface area contributed by atoms with E-state index in [1.807, 2.05) is 18.4 Å². The molecule has 0 aliphatic carbocycles. The first kappa shape index (κ1) is 12.6. The van der Waals surface area contributed by atoms with Crippen LogP contribution in [0.15, 0.2) is 11.3 Å². The molecule has 7 nitrogen and oxygen atoms in total. The predicted molar refractivity (Wildman–Crippen MR) is 67.5 cm³/mol. The number of carbonyl (C=O) groups is 1. The number of nitrogens with one attached hydrogen (secondary N) is 1. The molecular formula is C11H17N5O2. The maximum absolute atomic E-state index is 11.4. The number of fused-ring (bicyclic) bond motifs is 1. The lowest BCUT2D eigenvalue weighted by atomic mass is 10.1. The molecule has 1 aliphatic rings. The molecule has 1 aliphatic heterocycles. The van der Waals surface area contributed by atoms with Crippen molar-refractivity contribution in [3.63, 3.8) is 0 Å². The highest BCUT2D eigenvalue weighted by atomic mass is 16.5. The quantitative estimate of drug-likeness (QED) is 0.785. The molecule has 2 heterocycles. The van der Waals surface area contributed by atoms with Gasteiger partial charge in [-0.25, -0.2) is 9.98 Å². The van der Waals surface area contributed by atoms with E-state index in [1.165, 1.54) is 0 Å². The van der Waals surface area contributed by atoms with Crippen LogP contribution in [0.25, 0.3) is 0 Å². The Hall–Kier alpha value is -1.89. The lowest BCUT2D eigenvalue weighted by molar-refractivity contribution is -0.112. The highest BCUT2D eigenvalue weighted by molar-refractivity contribution is 6.45. The molecule has 0 atom stereocenters. The number of rotatable bonds is 4. The summed E-state index contributed by atoms with van der Waals surface area (Å²) in [6.07, 6.45) is 1.65. The molecule has 2 rings (SSSR count). The van der Waals surface area contributed by atoms with Gasteiger partial charge < -0.3 is 20.4 Å².